The van der Waals surface area contributed by atoms with E-state index in [4.69, 9.17) is 9.47 Å². The number of morpholine rings is 1. The summed E-state index contributed by atoms with van der Waals surface area (Å²) < 4.78 is 11.2. The lowest BCUT2D eigenvalue weighted by molar-refractivity contribution is -0.132. The van der Waals surface area contributed by atoms with Crippen molar-refractivity contribution in [2.24, 2.45) is 5.92 Å². The normalized spacial score (nSPS) is 26.4. The van der Waals surface area contributed by atoms with Gasteiger partial charge in [0, 0.05) is 12.3 Å². The maximum absolute atomic E-state index is 12.6. The Balaban J connectivity index is 1.87. The average Bonchev–Trinajstić information content (AvgIpc) is 2.51. The molecule has 2 bridgehead atoms. The van der Waals surface area contributed by atoms with Gasteiger partial charge in [0.2, 0.25) is 0 Å². The van der Waals surface area contributed by atoms with E-state index in [1.807, 2.05) is 25.7 Å². The molecule has 1 amide bonds. The highest BCUT2D eigenvalue weighted by Crippen LogP contribution is 2.34. The Morgan fingerprint density at radius 3 is 2.20 bits per heavy atom. The molecule has 0 spiro atoms. The first-order valence-corrected chi connectivity index (χ1v) is 9.93. The number of rotatable bonds is 7. The number of ketones is 1. The summed E-state index contributed by atoms with van der Waals surface area (Å²) in [6, 6.07) is -0.0622. The third-order valence-corrected chi connectivity index (χ3v) is 5.11. The van der Waals surface area contributed by atoms with Gasteiger partial charge in [0.15, 0.2) is 0 Å². The van der Waals surface area contributed by atoms with Gasteiger partial charge in [0.05, 0.1) is 25.3 Å². The molecular formula is C20H35NO4. The third kappa shape index (κ3) is 5.98. The van der Waals surface area contributed by atoms with Crippen LogP contribution in [-0.2, 0) is 14.3 Å². The molecule has 0 aromatic heterocycles. The second-order valence-corrected chi connectivity index (χ2v) is 8.53. The van der Waals surface area contributed by atoms with Gasteiger partial charge in [-0.3, -0.25) is 9.69 Å². The van der Waals surface area contributed by atoms with Crippen LogP contribution in [0.15, 0.2) is 0 Å². The van der Waals surface area contributed by atoms with Crippen molar-refractivity contribution in [2.45, 2.75) is 96.7 Å². The van der Waals surface area contributed by atoms with E-state index in [2.05, 4.69) is 6.92 Å². The molecule has 0 N–H and O–H groups in total. The average molecular weight is 354 g/mol. The first-order chi connectivity index (χ1) is 11.8. The van der Waals surface area contributed by atoms with Gasteiger partial charge in [-0.25, -0.2) is 4.79 Å². The molecule has 2 unspecified atom stereocenters. The van der Waals surface area contributed by atoms with Crippen LogP contribution in [0.2, 0.25) is 0 Å². The lowest BCUT2D eigenvalue weighted by atomic mass is 9.81. The third-order valence-electron chi connectivity index (χ3n) is 5.11. The largest absolute Gasteiger partial charge is 0.444 e. The van der Waals surface area contributed by atoms with Crippen LogP contribution in [0.1, 0.15) is 79.1 Å². The molecule has 5 nitrogen and oxygen atoms in total. The monoisotopic (exact) mass is 353 g/mol. The fourth-order valence-corrected chi connectivity index (χ4v) is 3.90. The highest BCUT2D eigenvalue weighted by atomic mass is 16.6. The first kappa shape index (κ1) is 20.2. The fourth-order valence-electron chi connectivity index (χ4n) is 3.90. The Kier molecular flexibility index (Phi) is 7.29. The van der Waals surface area contributed by atoms with Crippen molar-refractivity contribution in [3.63, 3.8) is 0 Å². The van der Waals surface area contributed by atoms with Crippen LogP contribution in [0.3, 0.4) is 0 Å². The van der Waals surface area contributed by atoms with Gasteiger partial charge in [-0.2, -0.15) is 0 Å². The molecule has 2 aliphatic rings. The van der Waals surface area contributed by atoms with E-state index < -0.39 is 5.60 Å². The molecule has 2 aliphatic heterocycles. The molecule has 0 saturated carbocycles. The van der Waals surface area contributed by atoms with Crippen molar-refractivity contribution in [1.29, 1.82) is 0 Å². The highest BCUT2D eigenvalue weighted by Gasteiger charge is 2.44. The van der Waals surface area contributed by atoms with Crippen LogP contribution in [0.4, 0.5) is 4.79 Å². The summed E-state index contributed by atoms with van der Waals surface area (Å²) in [5.74, 6) is 0.445. The summed E-state index contributed by atoms with van der Waals surface area (Å²) in [6.45, 7) is 8.86. The molecule has 144 valence electrons. The van der Waals surface area contributed by atoms with Crippen molar-refractivity contribution < 1.29 is 19.1 Å². The number of amides is 1. The summed E-state index contributed by atoms with van der Waals surface area (Å²) in [5, 5.41) is 0. The summed E-state index contributed by atoms with van der Waals surface area (Å²) in [6.07, 6.45) is 7.68. The molecule has 2 fully saturated rings. The summed E-state index contributed by atoms with van der Waals surface area (Å²) in [5.41, 5.74) is -0.503. The van der Waals surface area contributed by atoms with Gasteiger partial charge in [0.1, 0.15) is 11.4 Å². The number of nitrogens with zero attached hydrogens (tertiary/aromatic N) is 1. The number of hydrogen-bond acceptors (Lipinski definition) is 4. The highest BCUT2D eigenvalue weighted by molar-refractivity contribution is 5.81. The number of carbonyl (C=O) groups excluding carboxylic acids is 2. The SMILES string of the molecule is CCCCCCCC(=O)C1CC2COCC(C1)N2C(=O)OC(C)(C)C. The van der Waals surface area contributed by atoms with E-state index in [-0.39, 0.29) is 24.1 Å². The predicted octanol–water partition coefficient (Wildman–Crippen LogP) is 4.33. The van der Waals surface area contributed by atoms with Crippen LogP contribution in [0, 0.1) is 5.92 Å². The zero-order valence-corrected chi connectivity index (χ0v) is 16.4. The Morgan fingerprint density at radius 1 is 1.04 bits per heavy atom. The lowest BCUT2D eigenvalue weighted by Gasteiger charge is -2.47. The van der Waals surface area contributed by atoms with Crippen LogP contribution in [0.5, 0.6) is 0 Å². The molecule has 5 heteroatoms. The van der Waals surface area contributed by atoms with E-state index in [0.717, 1.165) is 12.8 Å². The minimum Gasteiger partial charge on any atom is -0.444 e. The molecular weight excluding hydrogens is 318 g/mol. The Bertz CT molecular complexity index is 443. The first-order valence-electron chi connectivity index (χ1n) is 9.93. The number of ether oxygens (including phenoxy) is 2. The molecule has 2 saturated heterocycles. The van der Waals surface area contributed by atoms with Crippen LogP contribution in [-0.4, -0.2) is 47.7 Å². The van der Waals surface area contributed by atoms with E-state index in [0.29, 0.717) is 38.3 Å². The second kappa shape index (κ2) is 9.02. The molecule has 2 atom stereocenters. The number of unbranched alkanes of at least 4 members (excludes halogenated alkanes) is 4. The number of Topliss-reactive ketones (excluding diaryl/α,β-unsaturated/α-hetero) is 1. The molecule has 0 aromatic carbocycles. The maximum Gasteiger partial charge on any atom is 0.410 e. The minimum atomic E-state index is -0.503. The fraction of sp³-hybridized carbons (Fsp3) is 0.900. The van der Waals surface area contributed by atoms with E-state index >= 15 is 0 Å². The smallest absolute Gasteiger partial charge is 0.410 e. The second-order valence-electron chi connectivity index (χ2n) is 8.53. The molecule has 2 rings (SSSR count). The van der Waals surface area contributed by atoms with Gasteiger partial charge in [-0.15, -0.1) is 0 Å². The lowest BCUT2D eigenvalue weighted by Crippen LogP contribution is -2.60. The van der Waals surface area contributed by atoms with Crippen molar-refractivity contribution >= 4 is 11.9 Å². The zero-order chi connectivity index (χ0) is 18.4. The van der Waals surface area contributed by atoms with Gasteiger partial charge < -0.3 is 9.47 Å². The summed E-state index contributed by atoms with van der Waals surface area (Å²) >= 11 is 0. The Hall–Kier alpha value is -1.10. The van der Waals surface area contributed by atoms with E-state index in [9.17, 15) is 9.59 Å². The predicted molar refractivity (Wildman–Crippen MR) is 97.6 cm³/mol. The topological polar surface area (TPSA) is 55.8 Å². The molecule has 0 aromatic rings. The van der Waals surface area contributed by atoms with E-state index in [1.165, 1.54) is 19.3 Å². The molecule has 25 heavy (non-hydrogen) atoms. The van der Waals surface area contributed by atoms with Crippen molar-refractivity contribution in [3.8, 4) is 0 Å². The summed E-state index contributed by atoms with van der Waals surface area (Å²) in [4.78, 5) is 27.0. The van der Waals surface area contributed by atoms with Crippen molar-refractivity contribution in [1.82, 2.24) is 4.90 Å². The van der Waals surface area contributed by atoms with Crippen LogP contribution in [0.25, 0.3) is 0 Å². The van der Waals surface area contributed by atoms with E-state index in [1.54, 1.807) is 0 Å². The van der Waals surface area contributed by atoms with Gasteiger partial charge >= 0.3 is 6.09 Å². The zero-order valence-electron chi connectivity index (χ0n) is 16.4. The number of fused-ring (bicyclic) bond motifs is 2. The molecule has 2 heterocycles. The standard InChI is InChI=1S/C20H35NO4/c1-5-6-7-8-9-10-18(22)15-11-16-13-24-14-17(12-15)21(16)19(23)25-20(2,3)4/h15-17H,5-14H2,1-4H3. The van der Waals surface area contributed by atoms with Crippen molar-refractivity contribution in [2.75, 3.05) is 13.2 Å². The van der Waals surface area contributed by atoms with Gasteiger partial charge in [0.25, 0.3) is 0 Å². The summed E-state index contributed by atoms with van der Waals surface area (Å²) in [7, 11) is 0. The molecule has 0 aliphatic carbocycles. The Labute approximate surface area is 152 Å². The number of carbonyl (C=O) groups is 2. The Morgan fingerprint density at radius 2 is 1.64 bits per heavy atom. The van der Waals surface area contributed by atoms with Crippen molar-refractivity contribution in [3.05, 3.63) is 0 Å². The molecule has 0 radical (unpaired) electrons. The van der Waals surface area contributed by atoms with Gasteiger partial charge in [-0.1, -0.05) is 32.6 Å². The number of piperidine rings is 1. The van der Waals surface area contributed by atoms with Gasteiger partial charge in [-0.05, 0) is 40.0 Å². The van der Waals surface area contributed by atoms with Crippen LogP contribution >= 0.6 is 0 Å². The van der Waals surface area contributed by atoms with Crippen LogP contribution < -0.4 is 0 Å². The number of hydrogen-bond donors (Lipinski definition) is 0. The quantitative estimate of drug-likeness (QED) is 0.639. The minimum absolute atomic E-state index is 0.0311. The maximum atomic E-state index is 12.6.